The number of amides is 1. The summed E-state index contributed by atoms with van der Waals surface area (Å²) in [5.74, 6) is -1.07. The Morgan fingerprint density at radius 2 is 2.19 bits per heavy atom. The zero-order valence-corrected chi connectivity index (χ0v) is 13.0. The van der Waals surface area contributed by atoms with Gasteiger partial charge < -0.3 is 16.4 Å². The highest BCUT2D eigenvalue weighted by atomic mass is 35.5. The minimum absolute atomic E-state index is 0.0738. The molecular weight excluding hydrogens is 315 g/mol. The van der Waals surface area contributed by atoms with E-state index in [1.54, 1.807) is 0 Å². The standard InChI is InChI=1S/C13H14ClFN4OS/c1-6(2)17-13-19-11(16)10(21-13)12(20)18-9-7(14)4-3-5-8(9)15/h3-6H,16H2,1-2H3,(H,17,19)(H,18,20). The second-order valence-electron chi connectivity index (χ2n) is 4.58. The molecule has 2 aromatic rings. The van der Waals surface area contributed by atoms with Crippen LogP contribution in [-0.2, 0) is 0 Å². The third kappa shape index (κ3) is 3.62. The third-order valence-corrected chi connectivity index (χ3v) is 3.79. The zero-order chi connectivity index (χ0) is 15.6. The van der Waals surface area contributed by atoms with Gasteiger partial charge in [0, 0.05) is 6.04 Å². The quantitative estimate of drug-likeness (QED) is 0.801. The van der Waals surface area contributed by atoms with Gasteiger partial charge in [-0.1, -0.05) is 29.0 Å². The van der Waals surface area contributed by atoms with Crippen LogP contribution in [0.3, 0.4) is 0 Å². The fourth-order valence-electron chi connectivity index (χ4n) is 1.59. The van der Waals surface area contributed by atoms with Crippen molar-refractivity contribution in [3.05, 3.63) is 33.9 Å². The molecule has 1 amide bonds. The second kappa shape index (κ2) is 6.28. The van der Waals surface area contributed by atoms with Crippen LogP contribution < -0.4 is 16.4 Å². The van der Waals surface area contributed by atoms with Crippen molar-refractivity contribution < 1.29 is 9.18 Å². The van der Waals surface area contributed by atoms with Crippen LogP contribution in [0, 0.1) is 5.82 Å². The first-order valence-corrected chi connectivity index (χ1v) is 7.36. The van der Waals surface area contributed by atoms with E-state index in [-0.39, 0.29) is 27.4 Å². The molecule has 0 saturated carbocycles. The van der Waals surface area contributed by atoms with E-state index in [2.05, 4.69) is 15.6 Å². The van der Waals surface area contributed by atoms with Gasteiger partial charge in [-0.25, -0.2) is 9.37 Å². The third-order valence-electron chi connectivity index (χ3n) is 2.47. The van der Waals surface area contributed by atoms with Gasteiger partial charge in [0.25, 0.3) is 5.91 Å². The molecule has 5 nitrogen and oxygen atoms in total. The van der Waals surface area contributed by atoms with E-state index in [0.717, 1.165) is 11.3 Å². The Morgan fingerprint density at radius 1 is 1.48 bits per heavy atom. The highest BCUT2D eigenvalue weighted by molar-refractivity contribution is 7.18. The summed E-state index contributed by atoms with van der Waals surface area (Å²) >= 11 is 6.97. The molecule has 0 aliphatic carbocycles. The highest BCUT2D eigenvalue weighted by Gasteiger charge is 2.19. The molecule has 0 atom stereocenters. The van der Waals surface area contributed by atoms with Crippen LogP contribution in [0.25, 0.3) is 0 Å². The van der Waals surface area contributed by atoms with E-state index >= 15 is 0 Å². The predicted molar refractivity (Wildman–Crippen MR) is 84.6 cm³/mol. The molecule has 1 aromatic carbocycles. The molecule has 0 fully saturated rings. The first kappa shape index (κ1) is 15.5. The minimum atomic E-state index is -0.612. The molecule has 8 heteroatoms. The molecule has 112 valence electrons. The summed E-state index contributed by atoms with van der Waals surface area (Å²) in [6, 6.07) is 4.32. The van der Waals surface area contributed by atoms with Gasteiger partial charge in [0.05, 0.1) is 10.7 Å². The van der Waals surface area contributed by atoms with E-state index in [1.807, 2.05) is 13.8 Å². The van der Waals surface area contributed by atoms with E-state index < -0.39 is 11.7 Å². The van der Waals surface area contributed by atoms with Crippen molar-refractivity contribution in [3.8, 4) is 0 Å². The van der Waals surface area contributed by atoms with E-state index in [0.29, 0.717) is 5.13 Å². The number of thiazole rings is 1. The lowest BCUT2D eigenvalue weighted by Gasteiger charge is -2.07. The number of nitrogens with two attached hydrogens (primary N) is 1. The average Bonchev–Trinajstić information content (AvgIpc) is 2.74. The minimum Gasteiger partial charge on any atom is -0.382 e. The molecule has 0 spiro atoms. The number of hydrogen-bond acceptors (Lipinski definition) is 5. The maximum Gasteiger partial charge on any atom is 0.269 e. The molecule has 0 aliphatic rings. The highest BCUT2D eigenvalue weighted by Crippen LogP contribution is 2.29. The summed E-state index contributed by atoms with van der Waals surface area (Å²) in [5, 5.41) is 6.13. The Balaban J connectivity index is 2.23. The predicted octanol–water partition coefficient (Wildman–Crippen LogP) is 3.59. The van der Waals surface area contributed by atoms with Crippen LogP contribution >= 0.6 is 22.9 Å². The molecule has 0 saturated heterocycles. The molecule has 2 rings (SSSR count). The number of anilines is 3. The lowest BCUT2D eigenvalue weighted by Crippen LogP contribution is -2.13. The lowest BCUT2D eigenvalue weighted by atomic mass is 10.3. The molecule has 0 bridgehead atoms. The first-order chi connectivity index (χ1) is 9.88. The van der Waals surface area contributed by atoms with Crippen molar-refractivity contribution in [2.75, 3.05) is 16.4 Å². The fraction of sp³-hybridized carbons (Fsp3) is 0.231. The van der Waals surface area contributed by atoms with Gasteiger partial charge in [0.1, 0.15) is 16.5 Å². The number of benzene rings is 1. The van der Waals surface area contributed by atoms with Crippen LogP contribution in [0.2, 0.25) is 5.02 Å². The second-order valence-corrected chi connectivity index (χ2v) is 5.99. The van der Waals surface area contributed by atoms with Gasteiger partial charge in [-0.15, -0.1) is 0 Å². The summed E-state index contributed by atoms with van der Waals surface area (Å²) in [4.78, 5) is 16.4. The van der Waals surface area contributed by atoms with Crippen LogP contribution in [0.5, 0.6) is 0 Å². The monoisotopic (exact) mass is 328 g/mol. The van der Waals surface area contributed by atoms with Gasteiger partial charge in [-0.05, 0) is 26.0 Å². The summed E-state index contributed by atoms with van der Waals surface area (Å²) < 4.78 is 13.6. The van der Waals surface area contributed by atoms with E-state index in [9.17, 15) is 9.18 Å². The Morgan fingerprint density at radius 3 is 2.81 bits per heavy atom. The number of nitrogen functional groups attached to an aromatic ring is 1. The Bertz CT molecular complexity index is 654. The van der Waals surface area contributed by atoms with Crippen molar-refractivity contribution in [1.82, 2.24) is 4.98 Å². The molecule has 4 N–H and O–H groups in total. The molecule has 1 aromatic heterocycles. The largest absolute Gasteiger partial charge is 0.382 e. The fourth-order valence-corrected chi connectivity index (χ4v) is 2.73. The van der Waals surface area contributed by atoms with Crippen LogP contribution in [0.1, 0.15) is 23.5 Å². The summed E-state index contributed by atoms with van der Waals surface area (Å²) in [7, 11) is 0. The molecular formula is C13H14ClFN4OS. The van der Waals surface area contributed by atoms with E-state index in [1.165, 1.54) is 18.2 Å². The maximum atomic E-state index is 13.6. The van der Waals surface area contributed by atoms with Crippen molar-refractivity contribution in [3.63, 3.8) is 0 Å². The van der Waals surface area contributed by atoms with Gasteiger partial charge in [-0.3, -0.25) is 4.79 Å². The average molecular weight is 329 g/mol. The molecule has 0 radical (unpaired) electrons. The number of nitrogens with zero attached hydrogens (tertiary/aromatic N) is 1. The van der Waals surface area contributed by atoms with Crippen LogP contribution in [0.4, 0.5) is 21.0 Å². The van der Waals surface area contributed by atoms with E-state index in [4.69, 9.17) is 17.3 Å². The van der Waals surface area contributed by atoms with Crippen molar-refractivity contribution in [2.24, 2.45) is 0 Å². The van der Waals surface area contributed by atoms with Crippen molar-refractivity contribution in [2.45, 2.75) is 19.9 Å². The Hall–Kier alpha value is -1.86. The number of carbonyl (C=O) groups is 1. The Labute approximate surface area is 130 Å². The van der Waals surface area contributed by atoms with Crippen LogP contribution in [-0.4, -0.2) is 16.9 Å². The van der Waals surface area contributed by atoms with Gasteiger partial charge in [0.15, 0.2) is 5.13 Å². The van der Waals surface area contributed by atoms with Gasteiger partial charge >= 0.3 is 0 Å². The SMILES string of the molecule is CC(C)Nc1nc(N)c(C(=O)Nc2c(F)cccc2Cl)s1. The number of carbonyl (C=O) groups excluding carboxylic acids is 1. The van der Waals surface area contributed by atoms with Crippen LogP contribution in [0.15, 0.2) is 18.2 Å². The number of para-hydroxylation sites is 1. The first-order valence-electron chi connectivity index (χ1n) is 6.16. The molecule has 0 unspecified atom stereocenters. The number of rotatable bonds is 4. The summed E-state index contributed by atoms with van der Waals surface area (Å²) in [6.07, 6.45) is 0. The zero-order valence-electron chi connectivity index (χ0n) is 11.4. The summed E-state index contributed by atoms with van der Waals surface area (Å²) in [6.45, 7) is 3.88. The lowest BCUT2D eigenvalue weighted by molar-refractivity contribution is 0.103. The number of aromatic nitrogens is 1. The van der Waals surface area contributed by atoms with Crippen molar-refractivity contribution >= 4 is 45.5 Å². The molecule has 1 heterocycles. The van der Waals surface area contributed by atoms with Crippen molar-refractivity contribution in [1.29, 1.82) is 0 Å². The van der Waals surface area contributed by atoms with Gasteiger partial charge in [-0.2, -0.15) is 0 Å². The number of halogens is 2. The topological polar surface area (TPSA) is 80.0 Å². The molecule has 21 heavy (non-hydrogen) atoms. The normalized spacial score (nSPS) is 10.7. The number of hydrogen-bond donors (Lipinski definition) is 3. The van der Waals surface area contributed by atoms with Gasteiger partial charge in [0.2, 0.25) is 0 Å². The maximum absolute atomic E-state index is 13.6. The summed E-state index contributed by atoms with van der Waals surface area (Å²) in [5.41, 5.74) is 5.65. The molecule has 0 aliphatic heterocycles. The smallest absolute Gasteiger partial charge is 0.269 e. The Kier molecular flexibility index (Phi) is 4.64. The number of nitrogens with one attached hydrogen (secondary N) is 2.